The molecule has 3 aromatic heterocycles. The van der Waals surface area contributed by atoms with Crippen LogP contribution in [0.5, 0.6) is 5.88 Å². The molecular weight excluding hydrogens is 530 g/mol. The fourth-order valence-corrected chi connectivity index (χ4v) is 5.65. The van der Waals surface area contributed by atoms with Gasteiger partial charge in [-0.2, -0.15) is 0 Å². The topological polar surface area (TPSA) is 146 Å². The monoisotopic (exact) mass is 569 g/mol. The van der Waals surface area contributed by atoms with Crippen LogP contribution in [0, 0.1) is 0 Å². The van der Waals surface area contributed by atoms with Crippen molar-refractivity contribution in [1.82, 2.24) is 15.0 Å². The molecule has 0 amide bonds. The lowest BCUT2D eigenvalue weighted by Crippen LogP contribution is -2.36. The standard InChI is InChI=1S/C29H39N5O5S/c1-8-11-29(6,30)22-16-32-26(38-17(2)12-18(3)40(7,36)37)21-15-31-25(13-20(21)22)34-24-10-9-19-23(33-24)14-28(4,5)39-27(19)35/h9-10,13,15-18H,8,11-12,14,30H2,1-7H3,(H,31,33,34)/t17-,18-,29+/m1/s1. The fraction of sp³-hybridized carbons (Fsp3) is 0.517. The summed E-state index contributed by atoms with van der Waals surface area (Å²) in [6.45, 7) is 11.3. The summed E-state index contributed by atoms with van der Waals surface area (Å²) in [5.41, 5.74) is 7.46. The number of rotatable bonds is 10. The smallest absolute Gasteiger partial charge is 0.340 e. The largest absolute Gasteiger partial charge is 0.474 e. The Morgan fingerprint density at radius 2 is 1.90 bits per heavy atom. The number of ether oxygens (including phenoxy) is 2. The van der Waals surface area contributed by atoms with Gasteiger partial charge in [-0.15, -0.1) is 0 Å². The van der Waals surface area contributed by atoms with Crippen LogP contribution >= 0.6 is 0 Å². The van der Waals surface area contributed by atoms with Crippen molar-refractivity contribution in [3.8, 4) is 5.88 Å². The molecule has 11 heteroatoms. The van der Waals surface area contributed by atoms with Gasteiger partial charge in [-0.3, -0.25) is 0 Å². The van der Waals surface area contributed by atoms with Crippen molar-refractivity contribution >= 4 is 38.2 Å². The second-order valence-corrected chi connectivity index (χ2v) is 14.2. The van der Waals surface area contributed by atoms with Crippen molar-refractivity contribution in [2.45, 2.75) is 89.7 Å². The molecule has 0 aliphatic carbocycles. The van der Waals surface area contributed by atoms with Crippen LogP contribution in [0.4, 0.5) is 11.6 Å². The van der Waals surface area contributed by atoms with E-state index < -0.39 is 26.2 Å². The van der Waals surface area contributed by atoms with Crippen molar-refractivity contribution in [2.24, 2.45) is 5.73 Å². The van der Waals surface area contributed by atoms with Gasteiger partial charge in [-0.25, -0.2) is 28.2 Å². The zero-order valence-electron chi connectivity index (χ0n) is 24.2. The average molecular weight is 570 g/mol. The second-order valence-electron chi connectivity index (χ2n) is 11.7. The molecule has 0 spiro atoms. The molecule has 0 aromatic carbocycles. The minimum Gasteiger partial charge on any atom is -0.474 e. The molecule has 10 nitrogen and oxygen atoms in total. The zero-order chi connectivity index (χ0) is 29.5. The minimum absolute atomic E-state index is 0.329. The predicted molar refractivity (Wildman–Crippen MR) is 156 cm³/mol. The molecule has 0 saturated carbocycles. The Labute approximate surface area is 236 Å². The Hall–Kier alpha value is -3.31. The number of esters is 1. The van der Waals surface area contributed by atoms with E-state index in [-0.39, 0.29) is 12.1 Å². The van der Waals surface area contributed by atoms with Crippen molar-refractivity contribution in [1.29, 1.82) is 0 Å². The number of anilines is 2. The van der Waals surface area contributed by atoms with Crippen molar-refractivity contribution < 1.29 is 22.7 Å². The summed E-state index contributed by atoms with van der Waals surface area (Å²) in [6.07, 6.45) is 6.72. The maximum Gasteiger partial charge on any atom is 0.340 e. The Kier molecular flexibility index (Phi) is 8.11. The van der Waals surface area contributed by atoms with E-state index in [0.29, 0.717) is 47.0 Å². The van der Waals surface area contributed by atoms with Crippen molar-refractivity contribution in [3.05, 3.63) is 47.4 Å². The van der Waals surface area contributed by atoms with Gasteiger partial charge >= 0.3 is 5.97 Å². The first kappa shape index (κ1) is 29.7. The molecular formula is C29H39N5O5S. The number of nitrogens with zero attached hydrogens (tertiary/aromatic N) is 3. The van der Waals surface area contributed by atoms with Crippen LogP contribution < -0.4 is 15.8 Å². The van der Waals surface area contributed by atoms with Gasteiger partial charge in [0.25, 0.3) is 0 Å². The number of nitrogens with two attached hydrogens (primary N) is 1. The lowest BCUT2D eigenvalue weighted by atomic mass is 9.87. The van der Waals surface area contributed by atoms with E-state index in [1.165, 1.54) is 6.26 Å². The molecule has 4 rings (SSSR count). The summed E-state index contributed by atoms with van der Waals surface area (Å²) < 4.78 is 35.5. The first-order valence-electron chi connectivity index (χ1n) is 13.5. The second kappa shape index (κ2) is 10.9. The van der Waals surface area contributed by atoms with Crippen LogP contribution in [0.2, 0.25) is 0 Å². The van der Waals surface area contributed by atoms with Crippen LogP contribution in [-0.4, -0.2) is 52.5 Å². The molecule has 40 heavy (non-hydrogen) atoms. The average Bonchev–Trinajstić information content (AvgIpc) is 2.82. The van der Waals surface area contributed by atoms with Gasteiger partial charge in [0.05, 0.1) is 28.0 Å². The highest BCUT2D eigenvalue weighted by atomic mass is 32.2. The predicted octanol–water partition coefficient (Wildman–Crippen LogP) is 4.82. The number of carbonyl (C=O) groups is 1. The van der Waals surface area contributed by atoms with Gasteiger partial charge in [-0.05, 0) is 70.2 Å². The van der Waals surface area contributed by atoms with E-state index in [1.807, 2.05) is 33.8 Å². The number of cyclic esters (lactones) is 1. The normalized spacial score (nSPS) is 17.9. The van der Waals surface area contributed by atoms with Gasteiger partial charge in [0, 0.05) is 37.0 Å². The van der Waals surface area contributed by atoms with Gasteiger partial charge < -0.3 is 20.5 Å². The van der Waals surface area contributed by atoms with Crippen LogP contribution in [-0.2, 0) is 26.5 Å². The number of hydrogen-bond donors (Lipinski definition) is 2. The molecule has 1 aliphatic rings. The zero-order valence-corrected chi connectivity index (χ0v) is 25.1. The van der Waals surface area contributed by atoms with Crippen LogP contribution in [0.15, 0.2) is 30.6 Å². The summed E-state index contributed by atoms with van der Waals surface area (Å²) in [5.74, 6) is 1.08. The third kappa shape index (κ3) is 6.52. The highest BCUT2D eigenvalue weighted by molar-refractivity contribution is 7.91. The number of aromatic nitrogens is 3. The Bertz CT molecular complexity index is 1540. The molecule has 0 bridgehead atoms. The fourth-order valence-electron chi connectivity index (χ4n) is 5.03. The number of fused-ring (bicyclic) bond motifs is 2. The molecule has 0 radical (unpaired) electrons. The molecule has 4 heterocycles. The van der Waals surface area contributed by atoms with E-state index in [0.717, 1.165) is 23.8 Å². The Balaban J connectivity index is 1.71. The molecule has 3 aromatic rings. The highest BCUT2D eigenvalue weighted by Crippen LogP contribution is 2.36. The molecule has 216 valence electrons. The van der Waals surface area contributed by atoms with E-state index in [4.69, 9.17) is 15.2 Å². The van der Waals surface area contributed by atoms with E-state index in [2.05, 4.69) is 27.2 Å². The Morgan fingerprint density at radius 3 is 2.58 bits per heavy atom. The van der Waals surface area contributed by atoms with E-state index in [9.17, 15) is 13.2 Å². The van der Waals surface area contributed by atoms with Crippen LogP contribution in [0.25, 0.3) is 10.8 Å². The summed E-state index contributed by atoms with van der Waals surface area (Å²) in [6, 6.07) is 5.33. The number of pyridine rings is 3. The third-order valence-corrected chi connectivity index (χ3v) is 8.89. The van der Waals surface area contributed by atoms with Gasteiger partial charge in [-0.1, -0.05) is 13.3 Å². The van der Waals surface area contributed by atoms with E-state index in [1.54, 1.807) is 31.5 Å². The Morgan fingerprint density at radius 1 is 1.18 bits per heavy atom. The molecule has 3 N–H and O–H groups in total. The lowest BCUT2D eigenvalue weighted by molar-refractivity contribution is -0.00714. The van der Waals surface area contributed by atoms with Crippen LogP contribution in [0.1, 0.15) is 82.4 Å². The number of carbonyl (C=O) groups excluding carboxylic acids is 1. The van der Waals surface area contributed by atoms with E-state index >= 15 is 0 Å². The quantitative estimate of drug-likeness (QED) is 0.326. The molecule has 0 fully saturated rings. The molecule has 0 unspecified atom stereocenters. The highest BCUT2D eigenvalue weighted by Gasteiger charge is 2.33. The number of sulfone groups is 1. The van der Waals surface area contributed by atoms with Crippen molar-refractivity contribution in [2.75, 3.05) is 11.6 Å². The summed E-state index contributed by atoms with van der Waals surface area (Å²) in [4.78, 5) is 26.2. The summed E-state index contributed by atoms with van der Waals surface area (Å²) >= 11 is 0. The maximum absolute atomic E-state index is 12.4. The molecule has 1 aliphatic heterocycles. The van der Waals surface area contributed by atoms with Gasteiger partial charge in [0.1, 0.15) is 27.1 Å². The first-order chi connectivity index (χ1) is 18.6. The molecule has 0 saturated heterocycles. The SMILES string of the molecule is CCC[C@](C)(N)c1cnc(O[C@H](C)C[C@@H](C)S(C)(=O)=O)c2cnc(Nc3ccc4c(n3)CC(C)(C)OC4=O)cc12. The third-order valence-electron chi connectivity index (χ3n) is 7.24. The summed E-state index contributed by atoms with van der Waals surface area (Å²) in [7, 11) is -3.19. The maximum atomic E-state index is 12.4. The van der Waals surface area contributed by atoms with Crippen molar-refractivity contribution in [3.63, 3.8) is 0 Å². The number of hydrogen-bond acceptors (Lipinski definition) is 10. The first-order valence-corrected chi connectivity index (χ1v) is 15.5. The van der Waals surface area contributed by atoms with Gasteiger partial charge in [0.15, 0.2) is 0 Å². The minimum atomic E-state index is -3.19. The lowest BCUT2D eigenvalue weighted by Gasteiger charge is -2.30. The summed E-state index contributed by atoms with van der Waals surface area (Å²) in [5, 5.41) is 4.22. The number of nitrogens with one attached hydrogen (secondary N) is 1. The van der Waals surface area contributed by atoms with Gasteiger partial charge in [0.2, 0.25) is 5.88 Å². The van der Waals surface area contributed by atoms with Crippen LogP contribution in [0.3, 0.4) is 0 Å². The molecule has 3 atom stereocenters.